The highest BCUT2D eigenvalue weighted by Crippen LogP contribution is 2.30. The van der Waals surface area contributed by atoms with E-state index in [1.54, 1.807) is 0 Å². The summed E-state index contributed by atoms with van der Waals surface area (Å²) in [7, 11) is 0. The summed E-state index contributed by atoms with van der Waals surface area (Å²) in [5.41, 5.74) is 8.18. The van der Waals surface area contributed by atoms with E-state index in [1.165, 1.54) is 18.4 Å². The minimum absolute atomic E-state index is 0. The highest BCUT2D eigenvalue weighted by Gasteiger charge is 2.22. The minimum Gasteiger partial charge on any atom is -0.493 e. The van der Waals surface area contributed by atoms with Crippen LogP contribution in [-0.2, 0) is 0 Å². The molecular formula is C13H20ClNO. The minimum atomic E-state index is 0. The molecule has 1 aliphatic carbocycles. The maximum Gasteiger partial charge on any atom is 0.122 e. The average molecular weight is 242 g/mol. The molecule has 1 unspecified atom stereocenters. The van der Waals surface area contributed by atoms with Crippen molar-refractivity contribution in [2.24, 2.45) is 11.7 Å². The molecule has 0 aliphatic heterocycles. The van der Waals surface area contributed by atoms with E-state index in [-0.39, 0.29) is 18.4 Å². The van der Waals surface area contributed by atoms with Crippen molar-refractivity contribution in [2.75, 3.05) is 6.61 Å². The zero-order chi connectivity index (χ0) is 10.8. The van der Waals surface area contributed by atoms with Gasteiger partial charge >= 0.3 is 0 Å². The fourth-order valence-corrected chi connectivity index (χ4v) is 1.55. The van der Waals surface area contributed by atoms with Gasteiger partial charge in [0.05, 0.1) is 6.61 Å². The zero-order valence-corrected chi connectivity index (χ0v) is 10.7. The van der Waals surface area contributed by atoms with Gasteiger partial charge in [-0.1, -0.05) is 12.1 Å². The summed E-state index contributed by atoms with van der Waals surface area (Å²) in [6.45, 7) is 4.94. The number of aryl methyl sites for hydroxylation is 1. The number of nitrogens with two attached hydrogens (primary N) is 1. The second-order valence-corrected chi connectivity index (χ2v) is 4.57. The van der Waals surface area contributed by atoms with Gasteiger partial charge in [0.2, 0.25) is 0 Å². The van der Waals surface area contributed by atoms with E-state index in [0.717, 1.165) is 23.8 Å². The molecule has 2 nitrogen and oxygen atoms in total. The first kappa shape index (κ1) is 13.3. The van der Waals surface area contributed by atoms with Gasteiger partial charge in [-0.3, -0.25) is 0 Å². The molecule has 90 valence electrons. The smallest absolute Gasteiger partial charge is 0.122 e. The first-order valence-electron chi connectivity index (χ1n) is 5.65. The van der Waals surface area contributed by atoms with Gasteiger partial charge in [0.25, 0.3) is 0 Å². The molecule has 0 bridgehead atoms. The second-order valence-electron chi connectivity index (χ2n) is 4.57. The van der Waals surface area contributed by atoms with Crippen molar-refractivity contribution in [2.45, 2.75) is 32.7 Å². The van der Waals surface area contributed by atoms with Gasteiger partial charge in [0.1, 0.15) is 5.75 Å². The van der Waals surface area contributed by atoms with Crippen LogP contribution >= 0.6 is 12.4 Å². The van der Waals surface area contributed by atoms with E-state index in [4.69, 9.17) is 10.5 Å². The predicted octanol–water partition coefficient (Wildman–Crippen LogP) is 3.23. The lowest BCUT2D eigenvalue weighted by molar-refractivity contribution is 0.297. The van der Waals surface area contributed by atoms with E-state index in [2.05, 4.69) is 25.1 Å². The number of ether oxygens (including phenoxy) is 1. The summed E-state index contributed by atoms with van der Waals surface area (Å²) in [6.07, 6.45) is 2.65. The molecule has 0 spiro atoms. The number of hydrogen-bond acceptors (Lipinski definition) is 2. The Morgan fingerprint density at radius 1 is 1.44 bits per heavy atom. The highest BCUT2D eigenvalue weighted by molar-refractivity contribution is 5.85. The number of benzene rings is 1. The average Bonchev–Trinajstić information content (AvgIpc) is 3.00. The molecular weight excluding hydrogens is 222 g/mol. The maximum absolute atomic E-state index is 5.85. The molecule has 2 N–H and O–H groups in total. The van der Waals surface area contributed by atoms with Crippen LogP contribution in [0.25, 0.3) is 0 Å². The highest BCUT2D eigenvalue weighted by atomic mass is 35.5. The largest absolute Gasteiger partial charge is 0.493 e. The number of rotatable bonds is 4. The third-order valence-electron chi connectivity index (χ3n) is 2.91. The molecule has 1 aromatic carbocycles. The van der Waals surface area contributed by atoms with Gasteiger partial charge in [-0.05, 0) is 49.8 Å². The van der Waals surface area contributed by atoms with Crippen LogP contribution in [0.15, 0.2) is 18.2 Å². The van der Waals surface area contributed by atoms with Crippen molar-refractivity contribution in [3.05, 3.63) is 29.3 Å². The maximum atomic E-state index is 5.85. The van der Waals surface area contributed by atoms with E-state index in [0.29, 0.717) is 0 Å². The third-order valence-corrected chi connectivity index (χ3v) is 2.91. The van der Waals surface area contributed by atoms with Crippen molar-refractivity contribution in [3.8, 4) is 5.75 Å². The van der Waals surface area contributed by atoms with Crippen LogP contribution in [0.2, 0.25) is 0 Å². The SMILES string of the molecule is Cc1ccc(C(C)N)cc1OCC1CC1.Cl. The molecule has 3 heteroatoms. The van der Waals surface area contributed by atoms with E-state index in [1.807, 2.05) is 6.92 Å². The first-order valence-corrected chi connectivity index (χ1v) is 5.65. The summed E-state index contributed by atoms with van der Waals surface area (Å²) in [5, 5.41) is 0. The van der Waals surface area contributed by atoms with Gasteiger partial charge in [0, 0.05) is 6.04 Å². The number of hydrogen-bond donors (Lipinski definition) is 1. The fraction of sp³-hybridized carbons (Fsp3) is 0.538. The summed E-state index contributed by atoms with van der Waals surface area (Å²) >= 11 is 0. The second kappa shape index (κ2) is 5.55. The standard InChI is InChI=1S/C13H19NO.ClH/c1-9-3-6-12(10(2)14)7-13(9)15-8-11-4-5-11;/h3,6-7,10-11H,4-5,8,14H2,1-2H3;1H. The van der Waals surface area contributed by atoms with E-state index >= 15 is 0 Å². The Morgan fingerprint density at radius 3 is 2.69 bits per heavy atom. The van der Waals surface area contributed by atoms with Crippen LogP contribution < -0.4 is 10.5 Å². The Hall–Kier alpha value is -0.730. The Morgan fingerprint density at radius 2 is 2.12 bits per heavy atom. The van der Waals surface area contributed by atoms with Crippen molar-refractivity contribution in [1.29, 1.82) is 0 Å². The lowest BCUT2D eigenvalue weighted by Gasteiger charge is -2.12. The Balaban J connectivity index is 0.00000128. The molecule has 16 heavy (non-hydrogen) atoms. The van der Waals surface area contributed by atoms with Crippen LogP contribution in [0.3, 0.4) is 0 Å². The van der Waals surface area contributed by atoms with Crippen molar-refractivity contribution < 1.29 is 4.74 Å². The van der Waals surface area contributed by atoms with Gasteiger partial charge in [0.15, 0.2) is 0 Å². The molecule has 1 fully saturated rings. The van der Waals surface area contributed by atoms with E-state index < -0.39 is 0 Å². The molecule has 0 aromatic heterocycles. The van der Waals surface area contributed by atoms with Crippen molar-refractivity contribution in [3.63, 3.8) is 0 Å². The van der Waals surface area contributed by atoms with Crippen molar-refractivity contribution in [1.82, 2.24) is 0 Å². The Bertz CT molecular complexity index is 348. The molecule has 0 amide bonds. The fourth-order valence-electron chi connectivity index (χ4n) is 1.55. The molecule has 1 aromatic rings. The first-order chi connectivity index (χ1) is 7.16. The topological polar surface area (TPSA) is 35.2 Å². The molecule has 0 radical (unpaired) electrons. The summed E-state index contributed by atoms with van der Waals surface area (Å²) in [5.74, 6) is 1.79. The normalized spacial score (nSPS) is 16.4. The quantitative estimate of drug-likeness (QED) is 0.879. The van der Waals surface area contributed by atoms with Gasteiger partial charge in [-0.25, -0.2) is 0 Å². The van der Waals surface area contributed by atoms with Gasteiger partial charge < -0.3 is 10.5 Å². The molecule has 1 aliphatic rings. The molecule has 0 saturated heterocycles. The molecule has 1 saturated carbocycles. The lowest BCUT2D eigenvalue weighted by Crippen LogP contribution is -2.06. The molecule has 2 rings (SSSR count). The van der Waals surface area contributed by atoms with Crippen molar-refractivity contribution >= 4 is 12.4 Å². The summed E-state index contributed by atoms with van der Waals surface area (Å²) < 4.78 is 5.80. The van der Waals surface area contributed by atoms with Crippen LogP contribution in [0.5, 0.6) is 5.75 Å². The predicted molar refractivity (Wildman–Crippen MR) is 69.2 cm³/mol. The van der Waals surface area contributed by atoms with Crippen LogP contribution in [0.1, 0.15) is 36.9 Å². The van der Waals surface area contributed by atoms with Crippen LogP contribution in [0, 0.1) is 12.8 Å². The summed E-state index contributed by atoms with van der Waals surface area (Å²) in [6, 6.07) is 6.31. The van der Waals surface area contributed by atoms with Gasteiger partial charge in [-0.2, -0.15) is 0 Å². The Labute approximate surface area is 104 Å². The third kappa shape index (κ3) is 3.39. The van der Waals surface area contributed by atoms with E-state index in [9.17, 15) is 0 Å². The zero-order valence-electron chi connectivity index (χ0n) is 9.90. The van der Waals surface area contributed by atoms with Gasteiger partial charge in [-0.15, -0.1) is 12.4 Å². The summed E-state index contributed by atoms with van der Waals surface area (Å²) in [4.78, 5) is 0. The lowest BCUT2D eigenvalue weighted by atomic mass is 10.1. The number of halogens is 1. The van der Waals surface area contributed by atoms with Crippen LogP contribution in [0.4, 0.5) is 0 Å². The Kier molecular flexibility index (Phi) is 4.63. The molecule has 1 atom stereocenters. The van der Waals surface area contributed by atoms with Crippen LogP contribution in [-0.4, -0.2) is 6.61 Å². The monoisotopic (exact) mass is 241 g/mol. The molecule has 0 heterocycles.